The number of carbonyl (C=O) groups is 1. The standard InChI is InChI=1S/C14H17N5OS/c1-9-6-16-19(8-9)10(2)7-15-13(20)12-11(3)17-14-18(12)4-5-21-14/h4-6,8,10H,7H2,1-3H3,(H,15,20). The Labute approximate surface area is 126 Å². The highest BCUT2D eigenvalue weighted by Crippen LogP contribution is 2.16. The molecule has 0 saturated carbocycles. The fourth-order valence-corrected chi connectivity index (χ4v) is 3.02. The highest BCUT2D eigenvalue weighted by Gasteiger charge is 2.18. The minimum atomic E-state index is -0.103. The lowest BCUT2D eigenvalue weighted by atomic mass is 10.3. The first-order valence-corrected chi connectivity index (χ1v) is 7.65. The molecule has 1 N–H and O–H groups in total. The van der Waals surface area contributed by atoms with Crippen molar-refractivity contribution in [3.05, 3.63) is 40.9 Å². The number of nitrogens with one attached hydrogen (secondary N) is 1. The Morgan fingerprint density at radius 3 is 3.00 bits per heavy atom. The zero-order chi connectivity index (χ0) is 15.0. The third kappa shape index (κ3) is 2.56. The van der Waals surface area contributed by atoms with E-state index in [4.69, 9.17) is 0 Å². The van der Waals surface area contributed by atoms with Crippen molar-refractivity contribution in [1.29, 1.82) is 0 Å². The van der Waals surface area contributed by atoms with Gasteiger partial charge in [0.25, 0.3) is 5.91 Å². The SMILES string of the molecule is Cc1cnn(C(C)CNC(=O)c2c(C)nc3sccn23)c1. The average molecular weight is 303 g/mol. The lowest BCUT2D eigenvalue weighted by Crippen LogP contribution is -2.31. The van der Waals surface area contributed by atoms with Crippen LogP contribution in [0.15, 0.2) is 24.0 Å². The molecule has 1 amide bonds. The number of aromatic nitrogens is 4. The number of thiazole rings is 1. The van der Waals surface area contributed by atoms with Crippen molar-refractivity contribution in [2.24, 2.45) is 0 Å². The Morgan fingerprint density at radius 1 is 1.48 bits per heavy atom. The maximum absolute atomic E-state index is 12.4. The first-order valence-electron chi connectivity index (χ1n) is 6.77. The first-order chi connectivity index (χ1) is 10.1. The number of carbonyl (C=O) groups excluding carboxylic acids is 1. The minimum absolute atomic E-state index is 0.103. The van der Waals surface area contributed by atoms with E-state index in [0.29, 0.717) is 12.2 Å². The van der Waals surface area contributed by atoms with Gasteiger partial charge in [0.15, 0.2) is 4.96 Å². The largest absolute Gasteiger partial charge is 0.349 e. The lowest BCUT2D eigenvalue weighted by Gasteiger charge is -2.13. The molecule has 7 heteroatoms. The molecule has 1 unspecified atom stereocenters. The van der Waals surface area contributed by atoms with E-state index in [1.165, 1.54) is 11.3 Å². The monoisotopic (exact) mass is 303 g/mol. The van der Waals surface area contributed by atoms with E-state index in [1.54, 1.807) is 0 Å². The lowest BCUT2D eigenvalue weighted by molar-refractivity contribution is 0.0941. The molecule has 3 aromatic heterocycles. The summed E-state index contributed by atoms with van der Waals surface area (Å²) < 4.78 is 3.69. The molecular formula is C14H17N5OS. The summed E-state index contributed by atoms with van der Waals surface area (Å²) in [6, 6.07) is 0.105. The molecule has 0 fully saturated rings. The summed E-state index contributed by atoms with van der Waals surface area (Å²) in [6.07, 6.45) is 5.65. The third-order valence-electron chi connectivity index (χ3n) is 3.39. The second-order valence-electron chi connectivity index (χ2n) is 5.16. The maximum Gasteiger partial charge on any atom is 0.270 e. The van der Waals surface area contributed by atoms with Crippen LogP contribution in [0.3, 0.4) is 0 Å². The predicted molar refractivity (Wildman–Crippen MR) is 81.8 cm³/mol. The number of rotatable bonds is 4. The minimum Gasteiger partial charge on any atom is -0.349 e. The summed E-state index contributed by atoms with van der Waals surface area (Å²) in [7, 11) is 0. The van der Waals surface area contributed by atoms with Gasteiger partial charge in [0.05, 0.1) is 17.9 Å². The van der Waals surface area contributed by atoms with Crippen LogP contribution in [0.1, 0.15) is 34.7 Å². The Morgan fingerprint density at radius 2 is 2.29 bits per heavy atom. The smallest absolute Gasteiger partial charge is 0.270 e. The molecule has 110 valence electrons. The highest BCUT2D eigenvalue weighted by atomic mass is 32.1. The molecular weight excluding hydrogens is 286 g/mol. The van der Waals surface area contributed by atoms with E-state index in [0.717, 1.165) is 16.2 Å². The Bertz CT molecular complexity index is 784. The summed E-state index contributed by atoms with van der Waals surface area (Å²) in [5.74, 6) is -0.103. The molecule has 0 aliphatic rings. The molecule has 3 aromatic rings. The quantitative estimate of drug-likeness (QED) is 0.803. The van der Waals surface area contributed by atoms with Gasteiger partial charge in [-0.2, -0.15) is 5.10 Å². The van der Waals surface area contributed by atoms with Gasteiger partial charge < -0.3 is 5.32 Å². The van der Waals surface area contributed by atoms with Gasteiger partial charge in [-0.3, -0.25) is 13.9 Å². The Hall–Kier alpha value is -2.15. The van der Waals surface area contributed by atoms with Gasteiger partial charge in [0.2, 0.25) is 0 Å². The molecule has 3 heterocycles. The number of hydrogen-bond donors (Lipinski definition) is 1. The zero-order valence-electron chi connectivity index (χ0n) is 12.2. The molecule has 0 saturated heterocycles. The summed E-state index contributed by atoms with van der Waals surface area (Å²) in [4.78, 5) is 17.6. The molecule has 0 aliphatic heterocycles. The van der Waals surface area contributed by atoms with E-state index in [2.05, 4.69) is 15.4 Å². The third-order valence-corrected chi connectivity index (χ3v) is 4.15. The van der Waals surface area contributed by atoms with Crippen molar-refractivity contribution in [2.75, 3.05) is 6.54 Å². The van der Waals surface area contributed by atoms with Crippen molar-refractivity contribution < 1.29 is 4.79 Å². The summed E-state index contributed by atoms with van der Waals surface area (Å²) in [6.45, 7) is 6.40. The fraction of sp³-hybridized carbons (Fsp3) is 0.357. The van der Waals surface area contributed by atoms with Gasteiger partial charge in [-0.25, -0.2) is 4.98 Å². The van der Waals surface area contributed by atoms with E-state index in [1.807, 2.05) is 53.8 Å². The predicted octanol–water partition coefficient (Wildman–Crippen LogP) is 2.20. The number of fused-ring (bicyclic) bond motifs is 1. The van der Waals surface area contributed by atoms with Crippen molar-refractivity contribution in [2.45, 2.75) is 26.8 Å². The van der Waals surface area contributed by atoms with Crippen molar-refractivity contribution >= 4 is 22.2 Å². The van der Waals surface area contributed by atoms with Crippen LogP contribution in [-0.4, -0.2) is 31.6 Å². The van der Waals surface area contributed by atoms with Crippen LogP contribution in [0.5, 0.6) is 0 Å². The van der Waals surface area contributed by atoms with Crippen LogP contribution >= 0.6 is 11.3 Å². The van der Waals surface area contributed by atoms with E-state index in [-0.39, 0.29) is 11.9 Å². The Balaban J connectivity index is 1.72. The highest BCUT2D eigenvalue weighted by molar-refractivity contribution is 7.15. The fourth-order valence-electron chi connectivity index (χ4n) is 2.26. The number of amides is 1. The molecule has 0 aliphatic carbocycles. The van der Waals surface area contributed by atoms with Crippen LogP contribution in [0, 0.1) is 13.8 Å². The van der Waals surface area contributed by atoms with Crippen LogP contribution in [-0.2, 0) is 0 Å². The molecule has 0 aromatic carbocycles. The second-order valence-corrected chi connectivity index (χ2v) is 6.03. The second kappa shape index (κ2) is 5.33. The number of imidazole rings is 1. The van der Waals surface area contributed by atoms with Gasteiger partial charge in [-0.15, -0.1) is 11.3 Å². The van der Waals surface area contributed by atoms with Gasteiger partial charge in [0.1, 0.15) is 5.69 Å². The number of hydrogen-bond acceptors (Lipinski definition) is 4. The van der Waals surface area contributed by atoms with Crippen molar-refractivity contribution in [3.63, 3.8) is 0 Å². The van der Waals surface area contributed by atoms with E-state index >= 15 is 0 Å². The average Bonchev–Trinajstić information content (AvgIpc) is 3.11. The molecule has 0 bridgehead atoms. The van der Waals surface area contributed by atoms with Crippen molar-refractivity contribution in [3.8, 4) is 0 Å². The molecule has 0 radical (unpaired) electrons. The van der Waals surface area contributed by atoms with Crippen LogP contribution in [0.2, 0.25) is 0 Å². The van der Waals surface area contributed by atoms with Crippen LogP contribution in [0.4, 0.5) is 0 Å². The zero-order valence-corrected chi connectivity index (χ0v) is 13.0. The van der Waals surface area contributed by atoms with Gasteiger partial charge in [-0.05, 0) is 26.3 Å². The van der Waals surface area contributed by atoms with E-state index in [9.17, 15) is 4.79 Å². The number of nitrogens with zero attached hydrogens (tertiary/aromatic N) is 4. The van der Waals surface area contributed by atoms with Gasteiger partial charge >= 0.3 is 0 Å². The summed E-state index contributed by atoms with van der Waals surface area (Å²) in [5, 5.41) is 9.15. The normalized spacial score (nSPS) is 12.7. The molecule has 6 nitrogen and oxygen atoms in total. The molecule has 0 spiro atoms. The number of aryl methyl sites for hydroxylation is 2. The van der Waals surface area contributed by atoms with E-state index < -0.39 is 0 Å². The molecule has 1 atom stereocenters. The van der Waals surface area contributed by atoms with Crippen LogP contribution < -0.4 is 5.32 Å². The summed E-state index contributed by atoms with van der Waals surface area (Å²) in [5.41, 5.74) is 2.47. The molecule has 21 heavy (non-hydrogen) atoms. The maximum atomic E-state index is 12.4. The first kappa shape index (κ1) is 13.8. The van der Waals surface area contributed by atoms with Crippen molar-refractivity contribution in [1.82, 2.24) is 24.5 Å². The Kier molecular flexibility index (Phi) is 3.50. The summed E-state index contributed by atoms with van der Waals surface area (Å²) >= 11 is 1.52. The van der Waals surface area contributed by atoms with Gasteiger partial charge in [-0.1, -0.05) is 0 Å². The van der Waals surface area contributed by atoms with Gasteiger partial charge in [0, 0.05) is 24.3 Å². The topological polar surface area (TPSA) is 64.2 Å². The molecule has 3 rings (SSSR count). The van der Waals surface area contributed by atoms with Crippen LogP contribution in [0.25, 0.3) is 4.96 Å².